The topological polar surface area (TPSA) is 84.7 Å². The van der Waals surface area contributed by atoms with Crippen molar-refractivity contribution < 1.29 is 19.4 Å². The van der Waals surface area contributed by atoms with Crippen LogP contribution in [0.3, 0.4) is 0 Å². The summed E-state index contributed by atoms with van der Waals surface area (Å²) in [6.07, 6.45) is 1.91. The van der Waals surface area contributed by atoms with Gasteiger partial charge in [0.1, 0.15) is 5.75 Å². The summed E-state index contributed by atoms with van der Waals surface area (Å²) in [5, 5.41) is 12.7. The van der Waals surface area contributed by atoms with Crippen molar-refractivity contribution in [2.45, 2.75) is 19.9 Å². The maximum atomic E-state index is 13.8. The number of ketones is 1. The highest BCUT2D eigenvalue weighted by Gasteiger charge is 2.46. The number of aliphatic hydroxyl groups excluding tert-OH is 1. The standard InChI is InChI=1S/C26H23N3O4S/c1-14-25(34-15(2)27-14)23(30)21-22(19-13-28(3)20-11-6-5-10-18(19)20)29(26(32)24(21)31)16-8-7-9-17(12-16)33-4/h5-13,22,31H,1-4H3. The molecule has 0 spiro atoms. The lowest BCUT2D eigenvalue weighted by molar-refractivity contribution is -0.117. The molecule has 0 fully saturated rings. The number of aryl methyl sites for hydroxylation is 3. The number of fused-ring (bicyclic) bond motifs is 1. The summed E-state index contributed by atoms with van der Waals surface area (Å²) in [5.74, 6) is -1.00. The molecule has 2 aromatic heterocycles. The predicted octanol–water partition coefficient (Wildman–Crippen LogP) is 5.04. The van der Waals surface area contributed by atoms with E-state index in [1.165, 1.54) is 16.2 Å². The molecule has 0 radical (unpaired) electrons. The average Bonchev–Trinajstić information content (AvgIpc) is 3.44. The van der Waals surface area contributed by atoms with Crippen LogP contribution in [-0.2, 0) is 11.8 Å². The van der Waals surface area contributed by atoms with Gasteiger partial charge in [-0.1, -0.05) is 24.3 Å². The van der Waals surface area contributed by atoms with Crippen molar-refractivity contribution in [3.05, 3.63) is 87.2 Å². The molecule has 0 saturated carbocycles. The van der Waals surface area contributed by atoms with Crippen molar-refractivity contribution in [1.29, 1.82) is 0 Å². The van der Waals surface area contributed by atoms with Crippen LogP contribution >= 0.6 is 11.3 Å². The second-order valence-corrected chi connectivity index (χ2v) is 9.43. The van der Waals surface area contributed by atoms with E-state index in [-0.39, 0.29) is 5.57 Å². The summed E-state index contributed by atoms with van der Waals surface area (Å²) < 4.78 is 7.32. The lowest BCUT2D eigenvalue weighted by Gasteiger charge is -2.26. The second-order valence-electron chi connectivity index (χ2n) is 8.23. The second kappa shape index (κ2) is 8.14. The van der Waals surface area contributed by atoms with Gasteiger partial charge in [0, 0.05) is 41.5 Å². The molecule has 1 atom stereocenters. The molecule has 7 nitrogen and oxygen atoms in total. The molecule has 1 unspecified atom stereocenters. The minimum Gasteiger partial charge on any atom is -0.503 e. The number of amides is 1. The van der Waals surface area contributed by atoms with Gasteiger partial charge in [-0.05, 0) is 32.0 Å². The number of methoxy groups -OCH3 is 1. The third-order valence-electron chi connectivity index (χ3n) is 6.12. The third kappa shape index (κ3) is 3.30. The van der Waals surface area contributed by atoms with E-state index >= 15 is 0 Å². The Morgan fingerprint density at radius 2 is 1.91 bits per heavy atom. The number of benzene rings is 2. The van der Waals surface area contributed by atoms with E-state index in [1.807, 2.05) is 49.0 Å². The van der Waals surface area contributed by atoms with E-state index in [9.17, 15) is 14.7 Å². The number of aliphatic hydroxyl groups is 1. The smallest absolute Gasteiger partial charge is 0.294 e. The van der Waals surface area contributed by atoms with Crippen LogP contribution in [-0.4, -0.2) is 33.5 Å². The molecule has 0 aliphatic carbocycles. The van der Waals surface area contributed by atoms with Crippen LogP contribution in [0.5, 0.6) is 5.75 Å². The molecule has 1 amide bonds. The monoisotopic (exact) mass is 473 g/mol. The lowest BCUT2D eigenvalue weighted by Crippen LogP contribution is -2.31. The highest BCUT2D eigenvalue weighted by atomic mass is 32.1. The van der Waals surface area contributed by atoms with Crippen LogP contribution in [0.4, 0.5) is 5.69 Å². The zero-order chi connectivity index (χ0) is 24.1. The summed E-state index contributed by atoms with van der Waals surface area (Å²) in [6, 6.07) is 14.0. The maximum Gasteiger partial charge on any atom is 0.294 e. The fourth-order valence-corrected chi connectivity index (χ4v) is 5.49. The van der Waals surface area contributed by atoms with Gasteiger partial charge in [0.25, 0.3) is 5.91 Å². The van der Waals surface area contributed by atoms with Crippen molar-refractivity contribution in [2.24, 2.45) is 7.05 Å². The Labute approximate surface area is 200 Å². The Kier molecular flexibility index (Phi) is 5.25. The summed E-state index contributed by atoms with van der Waals surface area (Å²) in [4.78, 5) is 33.5. The molecule has 1 aliphatic heterocycles. The number of nitrogens with zero attached hydrogens (tertiary/aromatic N) is 3. The van der Waals surface area contributed by atoms with E-state index in [0.717, 1.165) is 21.5 Å². The molecule has 3 heterocycles. The van der Waals surface area contributed by atoms with Gasteiger partial charge in [0.15, 0.2) is 5.76 Å². The minimum absolute atomic E-state index is 0.0518. The molecule has 8 heteroatoms. The van der Waals surface area contributed by atoms with Crippen molar-refractivity contribution in [3.63, 3.8) is 0 Å². The molecule has 5 rings (SSSR count). The summed E-state index contributed by atoms with van der Waals surface area (Å²) in [5.41, 5.74) is 2.86. The van der Waals surface area contributed by atoms with Crippen LogP contribution in [0.15, 0.2) is 66.1 Å². The van der Waals surface area contributed by atoms with Crippen molar-refractivity contribution in [2.75, 3.05) is 12.0 Å². The number of para-hydroxylation sites is 1. The molecule has 4 aromatic rings. The zero-order valence-corrected chi connectivity index (χ0v) is 20.0. The highest BCUT2D eigenvalue weighted by Crippen LogP contribution is 2.45. The van der Waals surface area contributed by atoms with Crippen LogP contribution in [0.25, 0.3) is 10.9 Å². The Bertz CT molecular complexity index is 1500. The molecule has 0 bridgehead atoms. The van der Waals surface area contributed by atoms with Gasteiger partial charge in [0.2, 0.25) is 5.78 Å². The number of Topliss-reactive ketones (excluding diaryl/α,β-unsaturated/α-hetero) is 1. The molecule has 2 aromatic carbocycles. The van der Waals surface area contributed by atoms with Crippen LogP contribution in [0.2, 0.25) is 0 Å². The Morgan fingerprint density at radius 3 is 2.62 bits per heavy atom. The fraction of sp³-hybridized carbons (Fsp3) is 0.192. The Hall–Kier alpha value is -3.91. The molecular weight excluding hydrogens is 450 g/mol. The van der Waals surface area contributed by atoms with E-state index in [2.05, 4.69) is 4.98 Å². The van der Waals surface area contributed by atoms with Crippen molar-refractivity contribution in [1.82, 2.24) is 9.55 Å². The van der Waals surface area contributed by atoms with Crippen molar-refractivity contribution >= 4 is 39.6 Å². The van der Waals surface area contributed by atoms with Gasteiger partial charge in [-0.3, -0.25) is 14.5 Å². The van der Waals surface area contributed by atoms with E-state index < -0.39 is 23.5 Å². The van der Waals surface area contributed by atoms with Gasteiger partial charge in [0.05, 0.1) is 34.3 Å². The number of rotatable bonds is 5. The third-order valence-corrected chi connectivity index (χ3v) is 7.19. The molecule has 172 valence electrons. The van der Waals surface area contributed by atoms with Crippen LogP contribution < -0.4 is 9.64 Å². The molecule has 1 N–H and O–H groups in total. The normalized spacial score (nSPS) is 16.1. The number of hydrogen-bond donors (Lipinski definition) is 1. The summed E-state index contributed by atoms with van der Waals surface area (Å²) in [7, 11) is 3.47. The van der Waals surface area contributed by atoms with E-state index in [1.54, 1.807) is 38.3 Å². The molecular formula is C26H23N3O4S. The summed E-state index contributed by atoms with van der Waals surface area (Å²) in [6.45, 7) is 3.59. The van der Waals surface area contributed by atoms with E-state index in [0.29, 0.717) is 22.0 Å². The minimum atomic E-state index is -0.819. The maximum absolute atomic E-state index is 13.8. The first-order valence-corrected chi connectivity index (χ1v) is 11.6. The van der Waals surface area contributed by atoms with Gasteiger partial charge < -0.3 is 14.4 Å². The largest absolute Gasteiger partial charge is 0.503 e. The number of anilines is 1. The van der Waals surface area contributed by atoms with Gasteiger partial charge in [-0.15, -0.1) is 11.3 Å². The molecule has 34 heavy (non-hydrogen) atoms. The molecule has 0 saturated heterocycles. The number of carbonyl (C=O) groups is 2. The number of hydrogen-bond acceptors (Lipinski definition) is 6. The number of carbonyl (C=O) groups excluding carboxylic acids is 2. The number of thiazole rings is 1. The number of ether oxygens (including phenoxy) is 1. The first-order valence-electron chi connectivity index (χ1n) is 10.7. The van der Waals surface area contributed by atoms with Gasteiger partial charge >= 0.3 is 0 Å². The van der Waals surface area contributed by atoms with Crippen LogP contribution in [0.1, 0.15) is 32.0 Å². The fourth-order valence-electron chi connectivity index (χ4n) is 4.61. The summed E-state index contributed by atoms with van der Waals surface area (Å²) >= 11 is 1.26. The quantitative estimate of drug-likeness (QED) is 0.411. The van der Waals surface area contributed by atoms with Gasteiger partial charge in [-0.25, -0.2) is 4.98 Å². The Morgan fingerprint density at radius 1 is 1.15 bits per heavy atom. The zero-order valence-electron chi connectivity index (χ0n) is 19.2. The van der Waals surface area contributed by atoms with E-state index in [4.69, 9.17) is 4.74 Å². The SMILES string of the molecule is COc1cccc(N2C(=O)C(O)=C(C(=O)c3sc(C)nc3C)C2c2cn(C)c3ccccc23)c1. The predicted molar refractivity (Wildman–Crippen MR) is 132 cm³/mol. The van der Waals surface area contributed by atoms with Crippen molar-refractivity contribution in [3.8, 4) is 5.75 Å². The highest BCUT2D eigenvalue weighted by molar-refractivity contribution is 7.14. The van der Waals surface area contributed by atoms with Gasteiger partial charge in [-0.2, -0.15) is 0 Å². The Balaban J connectivity index is 1.76. The van der Waals surface area contributed by atoms with Crippen LogP contribution in [0, 0.1) is 13.8 Å². The number of aromatic nitrogens is 2. The first-order chi connectivity index (χ1) is 16.3. The lowest BCUT2D eigenvalue weighted by atomic mass is 9.94. The first kappa shape index (κ1) is 21.9. The average molecular weight is 474 g/mol. The molecule has 1 aliphatic rings.